The summed E-state index contributed by atoms with van der Waals surface area (Å²) in [5.41, 5.74) is 0.211. The van der Waals surface area contributed by atoms with Crippen molar-refractivity contribution >= 4 is 22.8 Å². The Bertz CT molecular complexity index is 1390. The van der Waals surface area contributed by atoms with Gasteiger partial charge in [0, 0.05) is 32.3 Å². The van der Waals surface area contributed by atoms with Crippen LogP contribution in [0.1, 0.15) is 25.2 Å². The largest absolute Gasteiger partial charge is 0.367 e. The molecule has 0 aliphatic heterocycles. The number of anilines is 2. The first-order valence-corrected chi connectivity index (χ1v) is 10.4. The van der Waals surface area contributed by atoms with Crippen molar-refractivity contribution in [2.45, 2.75) is 38.3 Å². The second-order valence-corrected chi connectivity index (χ2v) is 7.89. The minimum Gasteiger partial charge on any atom is -0.367 e. The monoisotopic (exact) mass is 434 g/mol. The topological polar surface area (TPSA) is 133 Å². The molecule has 2 N–H and O–H groups in total. The molecule has 0 amide bonds. The fourth-order valence-electron chi connectivity index (χ4n) is 4.10. The van der Waals surface area contributed by atoms with Gasteiger partial charge in [0.15, 0.2) is 5.52 Å². The molecule has 1 aliphatic rings. The third kappa shape index (κ3) is 3.61. The van der Waals surface area contributed by atoms with Crippen molar-refractivity contribution in [1.82, 2.24) is 29.2 Å². The molecule has 0 spiro atoms. The molecule has 11 heteroatoms. The third-order valence-electron chi connectivity index (χ3n) is 5.68. The molecule has 0 unspecified atom stereocenters. The van der Waals surface area contributed by atoms with Gasteiger partial charge in [-0.2, -0.15) is 4.98 Å². The molecule has 5 rings (SSSR count). The summed E-state index contributed by atoms with van der Waals surface area (Å²) in [6.45, 7) is 1.75. The van der Waals surface area contributed by atoms with Crippen molar-refractivity contribution in [2.75, 3.05) is 10.6 Å². The first-order valence-electron chi connectivity index (χ1n) is 10.4. The number of nitrogens with zero attached hydrogens (tertiary/aromatic N) is 6. The summed E-state index contributed by atoms with van der Waals surface area (Å²) >= 11 is 0. The van der Waals surface area contributed by atoms with Crippen LogP contribution in [-0.4, -0.2) is 41.3 Å². The maximum atomic E-state index is 12.9. The lowest BCUT2D eigenvalue weighted by atomic mass is 10.2. The average Bonchev–Trinajstić information content (AvgIpc) is 3.42. The number of hydrogen-bond acceptors (Lipinski definition) is 9. The third-order valence-corrected chi connectivity index (χ3v) is 5.68. The highest BCUT2D eigenvalue weighted by Gasteiger charge is 2.26. The fourth-order valence-corrected chi connectivity index (χ4v) is 4.10. The quantitative estimate of drug-likeness (QED) is 0.481. The van der Waals surface area contributed by atoms with Crippen molar-refractivity contribution in [3.8, 4) is 5.69 Å². The number of pyridine rings is 2. The van der Waals surface area contributed by atoms with Crippen LogP contribution in [0.3, 0.4) is 0 Å². The van der Waals surface area contributed by atoms with Gasteiger partial charge in [-0.15, -0.1) is 0 Å². The Hall–Kier alpha value is -4.02. The zero-order chi connectivity index (χ0) is 22.2. The van der Waals surface area contributed by atoms with Crippen LogP contribution in [0, 0.1) is 6.92 Å². The van der Waals surface area contributed by atoms with E-state index in [0.29, 0.717) is 28.9 Å². The van der Waals surface area contributed by atoms with E-state index in [1.54, 1.807) is 38.2 Å². The van der Waals surface area contributed by atoms with Gasteiger partial charge in [0.05, 0.1) is 17.4 Å². The van der Waals surface area contributed by atoms with Crippen LogP contribution in [0.15, 0.2) is 50.8 Å². The van der Waals surface area contributed by atoms with E-state index in [0.717, 1.165) is 23.8 Å². The molecule has 11 nitrogen and oxygen atoms in total. The number of nitrogens with one attached hydrogen (secondary N) is 2. The van der Waals surface area contributed by atoms with Crippen molar-refractivity contribution in [3.63, 3.8) is 0 Å². The Morgan fingerprint density at radius 2 is 1.91 bits per heavy atom. The summed E-state index contributed by atoms with van der Waals surface area (Å²) in [6.07, 6.45) is 5.88. The molecule has 1 saturated carbocycles. The highest BCUT2D eigenvalue weighted by atomic mass is 16.5. The number of rotatable bonds is 5. The van der Waals surface area contributed by atoms with E-state index < -0.39 is 11.2 Å². The van der Waals surface area contributed by atoms with Gasteiger partial charge < -0.3 is 15.2 Å². The molecule has 0 radical (unpaired) electrons. The number of aryl methyl sites for hydroxylation is 2. The summed E-state index contributed by atoms with van der Waals surface area (Å²) in [4.78, 5) is 38.4. The molecule has 164 valence electrons. The predicted octanol–water partition coefficient (Wildman–Crippen LogP) is 1.62. The van der Waals surface area contributed by atoms with Gasteiger partial charge in [-0.05, 0) is 48.7 Å². The molecule has 2 atom stereocenters. The van der Waals surface area contributed by atoms with Crippen molar-refractivity contribution in [3.05, 3.63) is 63.4 Å². The molecule has 0 bridgehead atoms. The Morgan fingerprint density at radius 3 is 2.62 bits per heavy atom. The first kappa shape index (κ1) is 19.9. The number of fused-ring (bicyclic) bond motifs is 1. The standard InChI is InChI=1S/C21H22N8O3/c1-12-24-20(27-32-12)26-14-6-5-13(10-14)25-17-8-7-15(11-23-17)29-19(30)18-16(4-3-9-22-18)28(2)21(29)31/h3-4,7-9,11,13-14H,5-6,10H2,1-2H3,(H,23,25)(H,26,27)/t13-,14-/m0/s1. The SMILES string of the molecule is Cc1nc(N[C@H]2CC[C@H](Nc3ccc(-n4c(=O)c5ncccc5n(C)c4=O)cn3)C2)no1. The van der Waals surface area contributed by atoms with E-state index >= 15 is 0 Å². The smallest absolute Gasteiger partial charge is 0.336 e. The molecule has 0 saturated heterocycles. The van der Waals surface area contributed by atoms with E-state index in [-0.39, 0.29) is 17.6 Å². The van der Waals surface area contributed by atoms with Crippen LogP contribution in [0.4, 0.5) is 11.8 Å². The summed E-state index contributed by atoms with van der Waals surface area (Å²) in [5.74, 6) is 1.71. The van der Waals surface area contributed by atoms with Gasteiger partial charge in [-0.25, -0.2) is 19.3 Å². The van der Waals surface area contributed by atoms with Crippen LogP contribution in [0.2, 0.25) is 0 Å². The number of aromatic nitrogens is 6. The Labute approximate surface area is 182 Å². The molecule has 4 aromatic rings. The Kier molecular flexibility index (Phi) is 4.92. The highest BCUT2D eigenvalue weighted by Crippen LogP contribution is 2.25. The molecular weight excluding hydrogens is 412 g/mol. The van der Waals surface area contributed by atoms with E-state index in [2.05, 4.69) is 30.7 Å². The number of hydrogen-bond donors (Lipinski definition) is 2. The van der Waals surface area contributed by atoms with Gasteiger partial charge >= 0.3 is 5.69 Å². The van der Waals surface area contributed by atoms with E-state index in [1.807, 2.05) is 0 Å². The molecule has 1 fully saturated rings. The summed E-state index contributed by atoms with van der Waals surface area (Å²) in [5, 5.41) is 10.6. The maximum Gasteiger partial charge on any atom is 0.336 e. The van der Waals surface area contributed by atoms with Gasteiger partial charge in [0.25, 0.3) is 11.5 Å². The maximum absolute atomic E-state index is 12.9. The minimum atomic E-state index is -0.465. The van der Waals surface area contributed by atoms with Crippen molar-refractivity contribution in [1.29, 1.82) is 0 Å². The zero-order valence-corrected chi connectivity index (χ0v) is 17.6. The molecule has 4 aromatic heterocycles. The van der Waals surface area contributed by atoms with E-state index in [4.69, 9.17) is 4.52 Å². The fraction of sp³-hybridized carbons (Fsp3) is 0.333. The lowest BCUT2D eigenvalue weighted by Gasteiger charge is -2.15. The minimum absolute atomic E-state index is 0.234. The van der Waals surface area contributed by atoms with Gasteiger partial charge in [0.2, 0.25) is 5.89 Å². The normalized spacial score (nSPS) is 18.2. The first-order chi connectivity index (χ1) is 15.5. The molecule has 4 heterocycles. The van der Waals surface area contributed by atoms with Crippen LogP contribution in [-0.2, 0) is 7.05 Å². The molecule has 32 heavy (non-hydrogen) atoms. The second kappa shape index (κ2) is 7.91. The van der Waals surface area contributed by atoms with Gasteiger partial charge in [-0.3, -0.25) is 9.36 Å². The van der Waals surface area contributed by atoms with Crippen molar-refractivity contribution in [2.24, 2.45) is 7.05 Å². The zero-order valence-electron chi connectivity index (χ0n) is 17.6. The summed E-state index contributed by atoms with van der Waals surface area (Å²) in [7, 11) is 1.62. The highest BCUT2D eigenvalue weighted by molar-refractivity contribution is 5.73. The van der Waals surface area contributed by atoms with Crippen molar-refractivity contribution < 1.29 is 4.52 Å². The summed E-state index contributed by atoms with van der Waals surface area (Å²) < 4.78 is 7.49. The van der Waals surface area contributed by atoms with Crippen LogP contribution in [0.25, 0.3) is 16.7 Å². The Morgan fingerprint density at radius 1 is 1.09 bits per heavy atom. The van der Waals surface area contributed by atoms with Crippen LogP contribution in [0.5, 0.6) is 0 Å². The molecule has 0 aromatic carbocycles. The lowest BCUT2D eigenvalue weighted by molar-refractivity contribution is 0.394. The molecule has 1 aliphatic carbocycles. The van der Waals surface area contributed by atoms with E-state index in [9.17, 15) is 9.59 Å². The van der Waals surface area contributed by atoms with Crippen LogP contribution >= 0.6 is 0 Å². The lowest BCUT2D eigenvalue weighted by Crippen LogP contribution is -2.38. The van der Waals surface area contributed by atoms with Gasteiger partial charge in [-0.1, -0.05) is 0 Å². The summed E-state index contributed by atoms with van der Waals surface area (Å²) in [6, 6.07) is 7.35. The second-order valence-electron chi connectivity index (χ2n) is 7.89. The van der Waals surface area contributed by atoms with E-state index in [1.165, 1.54) is 17.0 Å². The predicted molar refractivity (Wildman–Crippen MR) is 118 cm³/mol. The Balaban J connectivity index is 1.32. The van der Waals surface area contributed by atoms with Gasteiger partial charge in [0.1, 0.15) is 5.82 Å². The molecular formula is C21H22N8O3. The van der Waals surface area contributed by atoms with Crippen LogP contribution < -0.4 is 21.9 Å². The average molecular weight is 434 g/mol.